The quantitative estimate of drug-likeness (QED) is 0.597. The summed E-state index contributed by atoms with van der Waals surface area (Å²) >= 11 is 0. The highest BCUT2D eigenvalue weighted by molar-refractivity contribution is 5.57. The van der Waals surface area contributed by atoms with Gasteiger partial charge in [0.15, 0.2) is 0 Å². The molecule has 1 aromatic carbocycles. The number of aryl methyl sites for hydroxylation is 1. The van der Waals surface area contributed by atoms with Crippen molar-refractivity contribution in [2.24, 2.45) is 5.92 Å². The first-order chi connectivity index (χ1) is 10.0. The Kier molecular flexibility index (Phi) is 5.17. The molecule has 0 bridgehead atoms. The summed E-state index contributed by atoms with van der Waals surface area (Å²) < 4.78 is 0. The number of rotatable bonds is 6. The Balaban J connectivity index is 1.99. The van der Waals surface area contributed by atoms with E-state index < -0.39 is 0 Å². The van der Waals surface area contributed by atoms with Crippen molar-refractivity contribution in [3.8, 4) is 0 Å². The van der Waals surface area contributed by atoms with E-state index in [0.29, 0.717) is 5.92 Å². The van der Waals surface area contributed by atoms with E-state index in [1.54, 1.807) is 12.1 Å². The molecule has 0 N–H and O–H groups in total. The van der Waals surface area contributed by atoms with Gasteiger partial charge in [-0.1, -0.05) is 6.92 Å². The molecule has 0 amide bonds. The first-order valence-corrected chi connectivity index (χ1v) is 7.69. The Hall–Kier alpha value is -1.62. The normalized spacial score (nSPS) is 18.5. The van der Waals surface area contributed by atoms with Crippen LogP contribution in [0.5, 0.6) is 0 Å². The molecule has 0 aromatic heterocycles. The van der Waals surface area contributed by atoms with Gasteiger partial charge in [0.05, 0.1) is 4.92 Å². The maximum absolute atomic E-state index is 10.8. The summed E-state index contributed by atoms with van der Waals surface area (Å²) in [5.41, 5.74) is 2.31. The lowest BCUT2D eigenvalue weighted by Crippen LogP contribution is -2.29. The van der Waals surface area contributed by atoms with E-state index in [-0.39, 0.29) is 10.6 Å². The van der Waals surface area contributed by atoms with Gasteiger partial charge in [0.1, 0.15) is 0 Å². The Morgan fingerprint density at radius 2 is 2.24 bits per heavy atom. The van der Waals surface area contributed by atoms with Crippen LogP contribution in [0.2, 0.25) is 0 Å². The summed E-state index contributed by atoms with van der Waals surface area (Å²) in [5, 5.41) is 10.8. The number of nitro groups is 1. The molecule has 1 heterocycles. The fourth-order valence-corrected chi connectivity index (χ4v) is 3.22. The van der Waals surface area contributed by atoms with E-state index in [1.807, 2.05) is 13.0 Å². The van der Waals surface area contributed by atoms with Crippen LogP contribution in [0.25, 0.3) is 0 Å². The van der Waals surface area contributed by atoms with Crippen LogP contribution in [0, 0.1) is 23.0 Å². The van der Waals surface area contributed by atoms with Gasteiger partial charge in [-0.25, -0.2) is 0 Å². The molecule has 1 aromatic rings. The highest BCUT2D eigenvalue weighted by Gasteiger charge is 2.25. The lowest BCUT2D eigenvalue weighted by Gasteiger charge is -2.23. The third-order valence-corrected chi connectivity index (χ3v) is 4.19. The second-order valence-electron chi connectivity index (χ2n) is 6.09. The second kappa shape index (κ2) is 6.89. The Morgan fingerprint density at radius 3 is 2.86 bits per heavy atom. The van der Waals surface area contributed by atoms with Crippen molar-refractivity contribution in [3.63, 3.8) is 0 Å². The highest BCUT2D eigenvalue weighted by Crippen LogP contribution is 2.29. The van der Waals surface area contributed by atoms with E-state index in [9.17, 15) is 10.1 Å². The van der Waals surface area contributed by atoms with Gasteiger partial charge >= 0.3 is 0 Å². The topological polar surface area (TPSA) is 49.6 Å². The molecule has 5 heteroatoms. The monoisotopic (exact) mass is 291 g/mol. The third kappa shape index (κ3) is 3.94. The summed E-state index contributed by atoms with van der Waals surface area (Å²) in [4.78, 5) is 15.2. The van der Waals surface area contributed by atoms with Gasteiger partial charge in [-0.05, 0) is 50.9 Å². The zero-order valence-electron chi connectivity index (χ0n) is 13.2. The van der Waals surface area contributed by atoms with Crippen LogP contribution in [0.4, 0.5) is 11.4 Å². The van der Waals surface area contributed by atoms with Gasteiger partial charge in [-0.15, -0.1) is 0 Å². The predicted octanol–water partition coefficient (Wildman–Crippen LogP) is 3.07. The number of benzene rings is 1. The largest absolute Gasteiger partial charge is 0.371 e. The molecule has 0 saturated carbocycles. The van der Waals surface area contributed by atoms with Gasteiger partial charge in [0.25, 0.3) is 5.69 Å². The minimum absolute atomic E-state index is 0.176. The summed E-state index contributed by atoms with van der Waals surface area (Å²) in [6.07, 6.45) is 2.39. The van der Waals surface area contributed by atoms with Crippen molar-refractivity contribution in [1.82, 2.24) is 4.90 Å². The molecule has 1 saturated heterocycles. The summed E-state index contributed by atoms with van der Waals surface area (Å²) in [5.74, 6) is 0.691. The average Bonchev–Trinajstić information content (AvgIpc) is 2.86. The Morgan fingerprint density at radius 1 is 1.48 bits per heavy atom. The highest BCUT2D eigenvalue weighted by atomic mass is 16.6. The van der Waals surface area contributed by atoms with Gasteiger partial charge in [-0.2, -0.15) is 0 Å². The van der Waals surface area contributed by atoms with Gasteiger partial charge in [0.2, 0.25) is 0 Å². The maximum atomic E-state index is 10.8. The zero-order valence-corrected chi connectivity index (χ0v) is 13.2. The van der Waals surface area contributed by atoms with Gasteiger partial charge in [0, 0.05) is 37.5 Å². The number of non-ortho nitro benzene ring substituents is 1. The van der Waals surface area contributed by atoms with Crippen LogP contribution in [0.15, 0.2) is 18.2 Å². The molecule has 5 nitrogen and oxygen atoms in total. The average molecular weight is 291 g/mol. The van der Waals surface area contributed by atoms with Gasteiger partial charge in [-0.3, -0.25) is 10.1 Å². The fourth-order valence-electron chi connectivity index (χ4n) is 3.22. The Bertz CT molecular complexity index is 504. The molecule has 1 atom stereocenters. The van der Waals surface area contributed by atoms with Crippen LogP contribution in [-0.4, -0.2) is 43.0 Å². The summed E-state index contributed by atoms with van der Waals surface area (Å²) in [6, 6.07) is 5.18. The zero-order chi connectivity index (χ0) is 15.4. The lowest BCUT2D eigenvalue weighted by atomic mass is 10.1. The van der Waals surface area contributed by atoms with Gasteiger partial charge < -0.3 is 9.80 Å². The van der Waals surface area contributed by atoms with Crippen LogP contribution in [0.3, 0.4) is 0 Å². The number of hydrogen-bond acceptors (Lipinski definition) is 4. The molecule has 1 aliphatic rings. The van der Waals surface area contributed by atoms with Crippen molar-refractivity contribution in [3.05, 3.63) is 33.9 Å². The molecule has 1 fully saturated rings. The molecule has 0 aliphatic carbocycles. The Labute approximate surface area is 126 Å². The summed E-state index contributed by atoms with van der Waals surface area (Å²) in [6.45, 7) is 8.54. The molecule has 1 aliphatic heterocycles. The maximum Gasteiger partial charge on any atom is 0.269 e. The van der Waals surface area contributed by atoms with Crippen molar-refractivity contribution < 1.29 is 4.92 Å². The number of anilines is 1. The minimum atomic E-state index is -0.330. The lowest BCUT2D eigenvalue weighted by molar-refractivity contribution is -0.384. The first kappa shape index (κ1) is 15.8. The molecule has 116 valence electrons. The van der Waals surface area contributed by atoms with Crippen LogP contribution >= 0.6 is 0 Å². The molecule has 21 heavy (non-hydrogen) atoms. The van der Waals surface area contributed by atoms with Crippen LogP contribution < -0.4 is 4.90 Å². The standard InChI is InChI=1S/C16H25N3O2/c1-4-8-17(3)11-14-7-9-18(12-14)16-6-5-15(19(20)21)10-13(16)2/h5-6,10,14H,4,7-9,11-12H2,1-3H3. The predicted molar refractivity (Wildman–Crippen MR) is 85.9 cm³/mol. The van der Waals surface area contributed by atoms with Crippen molar-refractivity contribution in [2.45, 2.75) is 26.7 Å². The first-order valence-electron chi connectivity index (χ1n) is 7.69. The molecule has 0 spiro atoms. The van der Waals surface area contributed by atoms with E-state index >= 15 is 0 Å². The SMILES string of the molecule is CCCN(C)CC1CCN(c2ccc([N+](=O)[O-])cc2C)C1. The van der Waals surface area contributed by atoms with Crippen molar-refractivity contribution in [2.75, 3.05) is 38.1 Å². The van der Waals surface area contributed by atoms with Crippen LogP contribution in [0.1, 0.15) is 25.3 Å². The molecule has 2 rings (SSSR count). The number of nitrogens with zero attached hydrogens (tertiary/aromatic N) is 3. The van der Waals surface area contributed by atoms with E-state index in [0.717, 1.165) is 37.4 Å². The third-order valence-electron chi connectivity index (χ3n) is 4.19. The van der Waals surface area contributed by atoms with E-state index in [1.165, 1.54) is 12.8 Å². The van der Waals surface area contributed by atoms with E-state index in [4.69, 9.17) is 0 Å². The van der Waals surface area contributed by atoms with E-state index in [2.05, 4.69) is 23.8 Å². The number of hydrogen-bond donors (Lipinski definition) is 0. The summed E-state index contributed by atoms with van der Waals surface area (Å²) in [7, 11) is 2.18. The smallest absolute Gasteiger partial charge is 0.269 e. The number of nitro benzene ring substituents is 1. The van der Waals surface area contributed by atoms with Crippen molar-refractivity contribution >= 4 is 11.4 Å². The van der Waals surface area contributed by atoms with Crippen molar-refractivity contribution in [1.29, 1.82) is 0 Å². The second-order valence-corrected chi connectivity index (χ2v) is 6.09. The fraction of sp³-hybridized carbons (Fsp3) is 0.625. The minimum Gasteiger partial charge on any atom is -0.371 e. The molecular formula is C16H25N3O2. The molecule has 0 radical (unpaired) electrons. The van der Waals surface area contributed by atoms with Crippen LogP contribution in [-0.2, 0) is 0 Å². The molecular weight excluding hydrogens is 266 g/mol. The molecule has 1 unspecified atom stereocenters.